The molecule has 28 heavy (non-hydrogen) atoms. The predicted molar refractivity (Wildman–Crippen MR) is 113 cm³/mol. The van der Waals surface area contributed by atoms with E-state index in [9.17, 15) is 4.79 Å². The standard InChI is InChI=1S/C23H14Cl2N2O/c24-17-7-1-5-15(13-17)21-19(9-3-11-26-21)23(28)20-10-4-12-27-22(20)16-6-2-8-18(25)14-16/h1-14H. The Hall–Kier alpha value is -3.01. The average molecular weight is 405 g/mol. The first kappa shape index (κ1) is 18.4. The molecule has 2 aromatic carbocycles. The minimum Gasteiger partial charge on any atom is -0.288 e. The molecule has 0 unspecified atom stereocenters. The summed E-state index contributed by atoms with van der Waals surface area (Å²) in [5.74, 6) is -0.161. The van der Waals surface area contributed by atoms with Gasteiger partial charge in [0.25, 0.3) is 0 Å². The zero-order valence-corrected chi connectivity index (χ0v) is 16.2. The summed E-state index contributed by atoms with van der Waals surface area (Å²) in [6, 6.07) is 21.6. The molecular formula is C23H14Cl2N2O. The van der Waals surface area contributed by atoms with E-state index in [4.69, 9.17) is 23.2 Å². The van der Waals surface area contributed by atoms with Gasteiger partial charge in [0.15, 0.2) is 5.78 Å². The smallest absolute Gasteiger partial charge is 0.197 e. The van der Waals surface area contributed by atoms with Crippen LogP contribution in [-0.4, -0.2) is 15.8 Å². The predicted octanol–water partition coefficient (Wildman–Crippen LogP) is 6.35. The Balaban J connectivity index is 1.85. The molecule has 0 radical (unpaired) electrons. The molecule has 0 aliphatic rings. The van der Waals surface area contributed by atoms with Gasteiger partial charge in [-0.05, 0) is 48.5 Å². The number of halogens is 2. The zero-order chi connectivity index (χ0) is 19.5. The highest BCUT2D eigenvalue weighted by Crippen LogP contribution is 2.29. The van der Waals surface area contributed by atoms with Crippen LogP contribution < -0.4 is 0 Å². The van der Waals surface area contributed by atoms with E-state index in [0.29, 0.717) is 32.6 Å². The average Bonchev–Trinajstić information content (AvgIpc) is 2.73. The number of ketones is 1. The molecule has 0 aliphatic heterocycles. The van der Waals surface area contributed by atoms with Crippen molar-refractivity contribution in [1.82, 2.24) is 9.97 Å². The molecule has 4 rings (SSSR count). The van der Waals surface area contributed by atoms with Crippen molar-refractivity contribution < 1.29 is 4.79 Å². The van der Waals surface area contributed by atoms with E-state index < -0.39 is 0 Å². The van der Waals surface area contributed by atoms with Crippen LogP contribution in [0, 0.1) is 0 Å². The summed E-state index contributed by atoms with van der Waals surface area (Å²) in [6.07, 6.45) is 3.32. The SMILES string of the molecule is O=C(c1cccnc1-c1cccc(Cl)c1)c1cccnc1-c1cccc(Cl)c1. The maximum Gasteiger partial charge on any atom is 0.197 e. The van der Waals surface area contributed by atoms with E-state index in [1.165, 1.54) is 0 Å². The second kappa shape index (κ2) is 7.93. The summed E-state index contributed by atoms with van der Waals surface area (Å²) >= 11 is 12.3. The molecule has 0 bridgehead atoms. The Kier molecular flexibility index (Phi) is 5.20. The van der Waals surface area contributed by atoms with Gasteiger partial charge in [-0.25, -0.2) is 0 Å². The molecular weight excluding hydrogens is 391 g/mol. The first-order chi connectivity index (χ1) is 13.6. The summed E-state index contributed by atoms with van der Waals surface area (Å²) in [4.78, 5) is 22.3. The number of benzene rings is 2. The Morgan fingerprint density at radius 3 is 1.54 bits per heavy atom. The second-order valence-corrected chi connectivity index (χ2v) is 7.02. The van der Waals surface area contributed by atoms with Crippen LogP contribution in [0.25, 0.3) is 22.5 Å². The van der Waals surface area contributed by atoms with Crippen LogP contribution in [0.3, 0.4) is 0 Å². The van der Waals surface area contributed by atoms with Crippen LogP contribution in [-0.2, 0) is 0 Å². The number of aromatic nitrogens is 2. The van der Waals surface area contributed by atoms with E-state index in [-0.39, 0.29) is 5.78 Å². The van der Waals surface area contributed by atoms with Crippen LogP contribution in [0.15, 0.2) is 85.2 Å². The molecule has 0 fully saturated rings. The van der Waals surface area contributed by atoms with E-state index in [1.807, 2.05) is 24.3 Å². The fourth-order valence-electron chi connectivity index (χ4n) is 3.05. The first-order valence-electron chi connectivity index (χ1n) is 8.60. The summed E-state index contributed by atoms with van der Waals surface area (Å²) in [5, 5.41) is 1.17. The Morgan fingerprint density at radius 2 is 1.11 bits per heavy atom. The molecule has 0 amide bonds. The summed E-state index contributed by atoms with van der Waals surface area (Å²) in [6.45, 7) is 0. The van der Waals surface area contributed by atoms with Crippen molar-refractivity contribution in [2.75, 3.05) is 0 Å². The van der Waals surface area contributed by atoms with E-state index in [2.05, 4.69) is 9.97 Å². The maximum atomic E-state index is 13.5. The largest absolute Gasteiger partial charge is 0.288 e. The third-order valence-electron chi connectivity index (χ3n) is 4.30. The van der Waals surface area contributed by atoms with Gasteiger partial charge in [0.2, 0.25) is 0 Å². The second-order valence-electron chi connectivity index (χ2n) is 6.15. The van der Waals surface area contributed by atoms with Crippen molar-refractivity contribution in [3.8, 4) is 22.5 Å². The Morgan fingerprint density at radius 1 is 0.643 bits per heavy atom. The molecule has 0 aliphatic carbocycles. The van der Waals surface area contributed by atoms with Crippen LogP contribution in [0.1, 0.15) is 15.9 Å². The lowest BCUT2D eigenvalue weighted by atomic mass is 9.95. The van der Waals surface area contributed by atoms with E-state index in [1.54, 1.807) is 60.9 Å². The van der Waals surface area contributed by atoms with Gasteiger partial charge in [0.1, 0.15) is 0 Å². The monoisotopic (exact) mass is 404 g/mol. The van der Waals surface area contributed by atoms with Gasteiger partial charge in [0.05, 0.1) is 11.4 Å². The quantitative estimate of drug-likeness (QED) is 0.372. The highest BCUT2D eigenvalue weighted by Gasteiger charge is 2.20. The highest BCUT2D eigenvalue weighted by atomic mass is 35.5. The zero-order valence-electron chi connectivity index (χ0n) is 14.6. The van der Waals surface area contributed by atoms with Crippen molar-refractivity contribution in [2.24, 2.45) is 0 Å². The lowest BCUT2D eigenvalue weighted by Gasteiger charge is -2.11. The molecule has 0 atom stereocenters. The number of carbonyl (C=O) groups is 1. The first-order valence-corrected chi connectivity index (χ1v) is 9.36. The number of hydrogen-bond acceptors (Lipinski definition) is 3. The third kappa shape index (κ3) is 3.68. The van der Waals surface area contributed by atoms with E-state index >= 15 is 0 Å². The van der Waals surface area contributed by atoms with Gasteiger partial charge in [-0.1, -0.05) is 47.5 Å². The summed E-state index contributed by atoms with van der Waals surface area (Å²) in [5.41, 5.74) is 3.70. The molecule has 3 nitrogen and oxygen atoms in total. The Bertz CT molecular complexity index is 1080. The summed E-state index contributed by atoms with van der Waals surface area (Å²) < 4.78 is 0. The van der Waals surface area contributed by atoms with Gasteiger partial charge >= 0.3 is 0 Å². The van der Waals surface area contributed by atoms with Gasteiger partial charge in [-0.3, -0.25) is 14.8 Å². The highest BCUT2D eigenvalue weighted by molar-refractivity contribution is 6.31. The topological polar surface area (TPSA) is 42.9 Å². The van der Waals surface area contributed by atoms with Gasteiger partial charge in [-0.2, -0.15) is 0 Å². The molecule has 0 N–H and O–H groups in total. The number of hydrogen-bond donors (Lipinski definition) is 0. The molecule has 0 saturated carbocycles. The van der Waals surface area contributed by atoms with Crippen LogP contribution >= 0.6 is 23.2 Å². The number of nitrogens with zero attached hydrogens (tertiary/aromatic N) is 2. The number of carbonyl (C=O) groups excluding carboxylic acids is 1. The molecule has 0 spiro atoms. The normalized spacial score (nSPS) is 10.6. The summed E-state index contributed by atoms with van der Waals surface area (Å²) in [7, 11) is 0. The van der Waals surface area contributed by atoms with Crippen molar-refractivity contribution in [1.29, 1.82) is 0 Å². The molecule has 136 valence electrons. The maximum absolute atomic E-state index is 13.5. The third-order valence-corrected chi connectivity index (χ3v) is 4.77. The van der Waals surface area contributed by atoms with Gasteiger partial charge in [0, 0.05) is 44.7 Å². The van der Waals surface area contributed by atoms with E-state index in [0.717, 1.165) is 11.1 Å². The molecule has 2 aromatic heterocycles. The molecule has 5 heteroatoms. The Labute approximate surface area is 172 Å². The van der Waals surface area contributed by atoms with Gasteiger partial charge in [-0.15, -0.1) is 0 Å². The molecule has 2 heterocycles. The number of rotatable bonds is 4. The minimum atomic E-state index is -0.161. The van der Waals surface area contributed by atoms with Crippen LogP contribution in [0.2, 0.25) is 10.0 Å². The fourth-order valence-corrected chi connectivity index (χ4v) is 3.43. The van der Waals surface area contributed by atoms with Crippen LogP contribution in [0.4, 0.5) is 0 Å². The van der Waals surface area contributed by atoms with Crippen molar-refractivity contribution in [3.05, 3.63) is 106 Å². The molecule has 4 aromatic rings. The van der Waals surface area contributed by atoms with Crippen molar-refractivity contribution in [3.63, 3.8) is 0 Å². The minimum absolute atomic E-state index is 0.161. The van der Waals surface area contributed by atoms with Crippen LogP contribution in [0.5, 0.6) is 0 Å². The molecule has 0 saturated heterocycles. The van der Waals surface area contributed by atoms with Gasteiger partial charge < -0.3 is 0 Å². The van der Waals surface area contributed by atoms with Crippen molar-refractivity contribution >= 4 is 29.0 Å². The van der Waals surface area contributed by atoms with Crippen molar-refractivity contribution in [2.45, 2.75) is 0 Å². The fraction of sp³-hybridized carbons (Fsp3) is 0. The number of pyridine rings is 2. The lowest BCUT2D eigenvalue weighted by molar-refractivity contribution is 0.103. The lowest BCUT2D eigenvalue weighted by Crippen LogP contribution is -2.07.